The summed E-state index contributed by atoms with van der Waals surface area (Å²) in [6.45, 7) is 16.1. The molecule has 6 atom stereocenters. The molecule has 0 aromatic heterocycles. The highest BCUT2D eigenvalue weighted by Gasteiger charge is 2.56. The highest BCUT2D eigenvalue weighted by molar-refractivity contribution is 5.82. The zero-order chi connectivity index (χ0) is 24.5. The van der Waals surface area contributed by atoms with E-state index in [9.17, 15) is 9.59 Å². The Kier molecular flexibility index (Phi) is 10.7. The fraction of sp³-hybridized carbons (Fsp3) is 0.786. The molecule has 2 fully saturated rings. The molecule has 0 N–H and O–H groups in total. The molecule has 5 nitrogen and oxygen atoms in total. The van der Waals surface area contributed by atoms with Crippen molar-refractivity contribution < 1.29 is 23.8 Å². The predicted molar refractivity (Wildman–Crippen MR) is 131 cm³/mol. The predicted octanol–water partition coefficient (Wildman–Crippen LogP) is 7.11. The monoisotopic (exact) mass is 462 g/mol. The molecule has 0 saturated heterocycles. The minimum Gasteiger partial charge on any atom is -0.429 e. The van der Waals surface area contributed by atoms with Gasteiger partial charge in [-0.1, -0.05) is 66.5 Å². The third-order valence-corrected chi connectivity index (χ3v) is 7.63. The summed E-state index contributed by atoms with van der Waals surface area (Å²) in [5.41, 5.74) is 0. The van der Waals surface area contributed by atoms with Crippen molar-refractivity contribution in [1.29, 1.82) is 0 Å². The van der Waals surface area contributed by atoms with Crippen LogP contribution in [0.1, 0.15) is 105 Å². The summed E-state index contributed by atoms with van der Waals surface area (Å²) >= 11 is 0. The summed E-state index contributed by atoms with van der Waals surface area (Å²) in [5, 5.41) is 0. The maximum atomic E-state index is 12.6. The molecule has 2 aliphatic rings. The molecular weight excluding hydrogens is 416 g/mol. The fourth-order valence-electron chi connectivity index (χ4n) is 5.74. The number of hydrogen-bond donors (Lipinski definition) is 0. The van der Waals surface area contributed by atoms with E-state index in [0.29, 0.717) is 24.7 Å². The summed E-state index contributed by atoms with van der Waals surface area (Å²) < 4.78 is 19.2. The second kappa shape index (κ2) is 12.7. The Balaban J connectivity index is 2.52. The van der Waals surface area contributed by atoms with Gasteiger partial charge < -0.3 is 9.47 Å². The number of ether oxygens (including phenoxy) is 3. The number of carbonyl (C=O) groups excluding carboxylic acids is 2. The van der Waals surface area contributed by atoms with Crippen molar-refractivity contribution in [3.8, 4) is 0 Å². The average molecular weight is 463 g/mol. The number of esters is 2. The van der Waals surface area contributed by atoms with Crippen LogP contribution < -0.4 is 0 Å². The zero-order valence-corrected chi connectivity index (χ0v) is 21.4. The first kappa shape index (κ1) is 27.6. The van der Waals surface area contributed by atoms with E-state index in [1.807, 2.05) is 0 Å². The maximum absolute atomic E-state index is 12.6. The molecule has 6 unspecified atom stereocenters. The third kappa shape index (κ3) is 7.18. The van der Waals surface area contributed by atoms with Crippen LogP contribution in [0.4, 0.5) is 0 Å². The Bertz CT molecular complexity index is 617. The number of hydrogen-bond acceptors (Lipinski definition) is 5. The van der Waals surface area contributed by atoms with Gasteiger partial charge in [0, 0.05) is 36.8 Å². The Morgan fingerprint density at radius 2 is 1.21 bits per heavy atom. The van der Waals surface area contributed by atoms with E-state index in [1.165, 1.54) is 12.2 Å². The Morgan fingerprint density at radius 1 is 0.818 bits per heavy atom. The van der Waals surface area contributed by atoms with Crippen LogP contribution >= 0.6 is 0 Å². The minimum atomic E-state index is -1.11. The van der Waals surface area contributed by atoms with Crippen LogP contribution in [-0.2, 0) is 23.8 Å². The minimum absolute atomic E-state index is 0.0515. The normalized spacial score (nSPS) is 34.3. The highest BCUT2D eigenvalue weighted by Crippen LogP contribution is 2.51. The fourth-order valence-corrected chi connectivity index (χ4v) is 5.74. The number of carbonyl (C=O) groups is 2. The van der Waals surface area contributed by atoms with Crippen LogP contribution in [0.2, 0.25) is 0 Å². The van der Waals surface area contributed by atoms with Gasteiger partial charge in [0.15, 0.2) is 0 Å². The van der Waals surface area contributed by atoms with Gasteiger partial charge in [-0.25, -0.2) is 9.59 Å². The second-order valence-electron chi connectivity index (χ2n) is 10.4. The lowest BCUT2D eigenvalue weighted by molar-refractivity contribution is -0.384. The van der Waals surface area contributed by atoms with Gasteiger partial charge >= 0.3 is 11.9 Å². The molecule has 0 spiro atoms. The molecule has 0 bridgehead atoms. The molecule has 0 heterocycles. The first-order valence-corrected chi connectivity index (χ1v) is 13.1. The summed E-state index contributed by atoms with van der Waals surface area (Å²) in [6, 6.07) is 0. The molecule has 188 valence electrons. The van der Waals surface area contributed by atoms with Crippen molar-refractivity contribution in [2.24, 2.45) is 23.7 Å². The van der Waals surface area contributed by atoms with Gasteiger partial charge in [-0.05, 0) is 50.4 Å². The van der Waals surface area contributed by atoms with E-state index < -0.39 is 23.5 Å². The Hall–Kier alpha value is -1.62. The van der Waals surface area contributed by atoms with Crippen molar-refractivity contribution in [3.05, 3.63) is 25.3 Å². The summed E-state index contributed by atoms with van der Waals surface area (Å²) in [5.74, 6) is -2.03. The van der Waals surface area contributed by atoms with E-state index in [2.05, 4.69) is 40.9 Å². The number of rotatable bonds is 12. The summed E-state index contributed by atoms with van der Waals surface area (Å²) in [6.07, 6.45) is 13.3. The van der Waals surface area contributed by atoms with Crippen molar-refractivity contribution in [2.75, 3.05) is 0 Å². The van der Waals surface area contributed by atoms with Gasteiger partial charge in [-0.3, -0.25) is 4.74 Å². The average Bonchev–Trinajstić information content (AvgIpc) is 2.80. The largest absolute Gasteiger partial charge is 0.429 e. The van der Waals surface area contributed by atoms with Crippen molar-refractivity contribution in [1.82, 2.24) is 0 Å². The van der Waals surface area contributed by atoms with Crippen LogP contribution in [0.25, 0.3) is 0 Å². The topological polar surface area (TPSA) is 61.8 Å². The summed E-state index contributed by atoms with van der Waals surface area (Å²) in [7, 11) is 0. The van der Waals surface area contributed by atoms with Gasteiger partial charge in [0.05, 0.1) is 0 Å². The lowest BCUT2D eigenvalue weighted by Gasteiger charge is -2.53. The molecule has 2 aliphatic carbocycles. The Morgan fingerprint density at radius 3 is 1.55 bits per heavy atom. The lowest BCUT2D eigenvalue weighted by atomic mass is 9.72. The molecule has 2 saturated carbocycles. The number of unbranched alkanes of at least 4 members (excludes halogenated alkanes) is 2. The van der Waals surface area contributed by atoms with E-state index in [1.54, 1.807) is 0 Å². The van der Waals surface area contributed by atoms with E-state index in [4.69, 9.17) is 14.2 Å². The second-order valence-corrected chi connectivity index (χ2v) is 10.4. The third-order valence-electron chi connectivity index (χ3n) is 7.63. The van der Waals surface area contributed by atoms with E-state index in [0.717, 1.165) is 64.2 Å². The zero-order valence-electron chi connectivity index (χ0n) is 21.4. The van der Waals surface area contributed by atoms with E-state index in [-0.39, 0.29) is 11.8 Å². The lowest BCUT2D eigenvalue weighted by Crippen LogP contribution is -2.59. The molecule has 0 aromatic carbocycles. The molecule has 5 heteroatoms. The first-order valence-electron chi connectivity index (χ1n) is 13.1. The van der Waals surface area contributed by atoms with Crippen molar-refractivity contribution in [2.45, 2.75) is 116 Å². The summed E-state index contributed by atoms with van der Waals surface area (Å²) in [4.78, 5) is 25.1. The standard InChI is InChI=1S/C28H46O5/c1-7-11-13-23-19-21(5)15-17-27(23,31-25(29)9-3)33-28(32-26(30)10-4)18-16-22(6)20-24(28)14-12-8-2/h9-10,21-24H,3-4,7-8,11-20H2,1-2,5-6H3. The first-order chi connectivity index (χ1) is 15.7. The van der Waals surface area contributed by atoms with Gasteiger partial charge in [0.2, 0.25) is 11.6 Å². The van der Waals surface area contributed by atoms with Crippen molar-refractivity contribution >= 4 is 11.9 Å². The van der Waals surface area contributed by atoms with Crippen LogP contribution in [0.5, 0.6) is 0 Å². The van der Waals surface area contributed by atoms with Crippen molar-refractivity contribution in [3.63, 3.8) is 0 Å². The molecule has 0 amide bonds. The van der Waals surface area contributed by atoms with Crippen LogP contribution in [-0.4, -0.2) is 23.5 Å². The SMILES string of the molecule is C=CC(=O)OC1(OC2(OC(=O)C=C)CCC(C)CC2CCCC)CCC(C)CC1CCCC. The Labute approximate surface area is 201 Å². The highest BCUT2D eigenvalue weighted by atomic mass is 16.8. The molecule has 2 rings (SSSR count). The molecule has 33 heavy (non-hydrogen) atoms. The molecule has 0 aliphatic heterocycles. The van der Waals surface area contributed by atoms with Crippen LogP contribution in [0.3, 0.4) is 0 Å². The molecule has 0 aromatic rings. The van der Waals surface area contributed by atoms with Crippen LogP contribution in [0, 0.1) is 23.7 Å². The molecule has 0 radical (unpaired) electrons. The smallest absolute Gasteiger partial charge is 0.332 e. The van der Waals surface area contributed by atoms with E-state index >= 15 is 0 Å². The van der Waals surface area contributed by atoms with Gasteiger partial charge in [-0.15, -0.1) is 0 Å². The molecular formula is C28H46O5. The van der Waals surface area contributed by atoms with Gasteiger partial charge in [0.25, 0.3) is 0 Å². The van der Waals surface area contributed by atoms with Gasteiger partial charge in [0.1, 0.15) is 0 Å². The maximum Gasteiger partial charge on any atom is 0.332 e. The van der Waals surface area contributed by atoms with Gasteiger partial charge in [-0.2, -0.15) is 0 Å². The quantitative estimate of drug-likeness (QED) is 0.176. The van der Waals surface area contributed by atoms with Crippen LogP contribution in [0.15, 0.2) is 25.3 Å².